The minimum Gasteiger partial charge on any atom is -0.306 e. The lowest BCUT2D eigenvalue weighted by atomic mass is 10.1. The molecule has 112 valence electrons. The summed E-state index contributed by atoms with van der Waals surface area (Å²) in [4.78, 5) is 16.6. The maximum Gasteiger partial charge on any atom is 0.243 e. The van der Waals surface area contributed by atoms with Crippen LogP contribution in [0.1, 0.15) is 12.8 Å². The van der Waals surface area contributed by atoms with Crippen molar-refractivity contribution in [3.05, 3.63) is 36.1 Å². The molecule has 0 radical (unpaired) electrons. The van der Waals surface area contributed by atoms with Gasteiger partial charge < -0.3 is 10.6 Å². The zero-order valence-electron chi connectivity index (χ0n) is 11.7. The number of amides is 1. The zero-order chi connectivity index (χ0) is 15.1. The van der Waals surface area contributed by atoms with Crippen molar-refractivity contribution in [2.45, 2.75) is 18.9 Å². The largest absolute Gasteiger partial charge is 0.306 e. The van der Waals surface area contributed by atoms with E-state index in [2.05, 4.69) is 15.6 Å². The van der Waals surface area contributed by atoms with Crippen LogP contribution in [0, 0.1) is 5.82 Å². The number of aromatic nitrogens is 1. The van der Waals surface area contributed by atoms with E-state index < -0.39 is 0 Å². The van der Waals surface area contributed by atoms with Crippen LogP contribution in [0.4, 0.5) is 9.52 Å². The normalized spacial score (nSPS) is 18.1. The van der Waals surface area contributed by atoms with Crippen molar-refractivity contribution in [1.82, 2.24) is 10.3 Å². The van der Waals surface area contributed by atoms with Crippen LogP contribution in [-0.2, 0) is 4.79 Å². The first-order valence-corrected chi connectivity index (χ1v) is 8.05. The summed E-state index contributed by atoms with van der Waals surface area (Å²) in [6, 6.07) is 8.30. The van der Waals surface area contributed by atoms with E-state index in [-0.39, 0.29) is 17.8 Å². The Morgan fingerprint density at radius 3 is 3.09 bits per heavy atom. The lowest BCUT2D eigenvalue weighted by molar-refractivity contribution is -0.117. The Bertz CT molecular complexity index is 870. The molecule has 1 fully saturated rings. The van der Waals surface area contributed by atoms with Gasteiger partial charge >= 0.3 is 0 Å². The monoisotopic (exact) mass is 315 g/mol. The van der Waals surface area contributed by atoms with Gasteiger partial charge in [0.15, 0.2) is 5.13 Å². The molecule has 4 nitrogen and oxygen atoms in total. The molecular weight excluding hydrogens is 301 g/mol. The number of nitrogens with one attached hydrogen (secondary N) is 2. The first-order valence-electron chi connectivity index (χ1n) is 7.24. The Balaban J connectivity index is 1.70. The number of carbonyl (C=O) groups is 1. The molecule has 1 amide bonds. The fraction of sp³-hybridized carbons (Fsp3) is 0.250. The molecule has 0 aliphatic carbocycles. The molecule has 6 heteroatoms. The molecule has 1 aliphatic rings. The van der Waals surface area contributed by atoms with Crippen molar-refractivity contribution in [2.75, 3.05) is 11.9 Å². The van der Waals surface area contributed by atoms with Gasteiger partial charge in [0.05, 0.1) is 16.3 Å². The van der Waals surface area contributed by atoms with Crippen molar-refractivity contribution >= 4 is 43.4 Å². The highest BCUT2D eigenvalue weighted by Crippen LogP contribution is 2.33. The molecular formula is C16H14FN3OS. The maximum atomic E-state index is 13.3. The summed E-state index contributed by atoms with van der Waals surface area (Å²) in [6.07, 6.45) is 1.88. The van der Waals surface area contributed by atoms with E-state index in [1.807, 2.05) is 12.1 Å². The van der Waals surface area contributed by atoms with Gasteiger partial charge in [-0.15, -0.1) is 0 Å². The van der Waals surface area contributed by atoms with Gasteiger partial charge in [-0.1, -0.05) is 17.4 Å². The van der Waals surface area contributed by atoms with E-state index >= 15 is 0 Å². The Morgan fingerprint density at radius 1 is 1.36 bits per heavy atom. The maximum absolute atomic E-state index is 13.3. The predicted molar refractivity (Wildman–Crippen MR) is 86.7 cm³/mol. The van der Waals surface area contributed by atoms with Crippen molar-refractivity contribution in [3.63, 3.8) is 0 Å². The molecule has 0 spiro atoms. The van der Waals surface area contributed by atoms with Gasteiger partial charge in [-0.05, 0) is 49.0 Å². The van der Waals surface area contributed by atoms with Crippen molar-refractivity contribution in [1.29, 1.82) is 0 Å². The number of halogens is 1. The van der Waals surface area contributed by atoms with Gasteiger partial charge in [0.1, 0.15) is 5.82 Å². The van der Waals surface area contributed by atoms with Crippen LogP contribution < -0.4 is 10.6 Å². The summed E-state index contributed by atoms with van der Waals surface area (Å²) >= 11 is 1.43. The number of rotatable bonds is 2. The Kier molecular flexibility index (Phi) is 3.28. The summed E-state index contributed by atoms with van der Waals surface area (Å²) in [7, 11) is 0. The number of hydrogen-bond acceptors (Lipinski definition) is 4. The van der Waals surface area contributed by atoms with Gasteiger partial charge in [-0.25, -0.2) is 9.37 Å². The Hall–Kier alpha value is -2.05. The summed E-state index contributed by atoms with van der Waals surface area (Å²) < 4.78 is 14.3. The van der Waals surface area contributed by atoms with Gasteiger partial charge in [0.25, 0.3) is 0 Å². The van der Waals surface area contributed by atoms with Crippen LogP contribution in [-0.4, -0.2) is 23.5 Å². The van der Waals surface area contributed by atoms with Crippen molar-refractivity contribution < 1.29 is 9.18 Å². The highest BCUT2D eigenvalue weighted by Gasteiger charge is 2.22. The molecule has 22 heavy (non-hydrogen) atoms. The molecule has 1 unspecified atom stereocenters. The minimum absolute atomic E-state index is 0.0353. The SMILES string of the molecule is O=C(Nc1nc2ccc3cc(F)ccc3c2s1)C1CCCN1. The summed E-state index contributed by atoms with van der Waals surface area (Å²) in [5.41, 5.74) is 0.818. The van der Waals surface area contributed by atoms with E-state index in [1.165, 1.54) is 23.5 Å². The van der Waals surface area contributed by atoms with Crippen molar-refractivity contribution in [3.8, 4) is 0 Å². The number of thiazole rings is 1. The van der Waals surface area contributed by atoms with E-state index in [0.717, 1.165) is 40.4 Å². The number of hydrogen-bond donors (Lipinski definition) is 2. The number of benzene rings is 2. The molecule has 1 aromatic heterocycles. The molecule has 3 aromatic rings. The van der Waals surface area contributed by atoms with Crippen LogP contribution in [0.2, 0.25) is 0 Å². The van der Waals surface area contributed by atoms with Crippen LogP contribution in [0.5, 0.6) is 0 Å². The summed E-state index contributed by atoms with van der Waals surface area (Å²) in [5.74, 6) is -0.288. The van der Waals surface area contributed by atoms with Gasteiger partial charge in [0.2, 0.25) is 5.91 Å². The number of carbonyl (C=O) groups excluding carboxylic acids is 1. The Labute approximate surface area is 130 Å². The van der Waals surface area contributed by atoms with Crippen molar-refractivity contribution in [2.24, 2.45) is 0 Å². The topological polar surface area (TPSA) is 54.0 Å². The highest BCUT2D eigenvalue weighted by atomic mass is 32.1. The fourth-order valence-corrected chi connectivity index (χ4v) is 3.84. The quantitative estimate of drug-likeness (QED) is 0.763. The number of nitrogens with zero attached hydrogens (tertiary/aromatic N) is 1. The molecule has 1 atom stereocenters. The first kappa shape index (κ1) is 13.6. The standard InChI is InChI=1S/C16H14FN3OS/c17-10-4-5-11-9(8-10)3-6-12-14(11)22-16(19-12)20-15(21)13-2-1-7-18-13/h3-6,8,13,18H,1-2,7H2,(H,19,20,21). The Morgan fingerprint density at radius 2 is 2.27 bits per heavy atom. The van der Waals surface area contributed by atoms with E-state index in [0.29, 0.717) is 5.13 Å². The smallest absolute Gasteiger partial charge is 0.243 e. The van der Waals surface area contributed by atoms with Crippen LogP contribution in [0.15, 0.2) is 30.3 Å². The molecule has 2 aromatic carbocycles. The third-order valence-electron chi connectivity index (χ3n) is 3.94. The molecule has 2 heterocycles. The summed E-state index contributed by atoms with van der Waals surface area (Å²) in [5, 5.41) is 8.43. The first-order chi connectivity index (χ1) is 10.7. The van der Waals surface area contributed by atoms with Crippen LogP contribution in [0.25, 0.3) is 21.0 Å². The number of fused-ring (bicyclic) bond motifs is 3. The molecule has 0 saturated carbocycles. The second-order valence-electron chi connectivity index (χ2n) is 5.44. The second-order valence-corrected chi connectivity index (χ2v) is 6.44. The molecule has 1 saturated heterocycles. The van der Waals surface area contributed by atoms with E-state index in [9.17, 15) is 9.18 Å². The highest BCUT2D eigenvalue weighted by molar-refractivity contribution is 7.23. The predicted octanol–water partition coefficient (Wildman–Crippen LogP) is 3.28. The molecule has 1 aliphatic heterocycles. The average Bonchev–Trinajstić information content (AvgIpc) is 3.15. The average molecular weight is 315 g/mol. The van der Waals surface area contributed by atoms with Crippen LogP contribution >= 0.6 is 11.3 Å². The van der Waals surface area contributed by atoms with Gasteiger partial charge in [-0.2, -0.15) is 0 Å². The van der Waals surface area contributed by atoms with Gasteiger partial charge in [-0.3, -0.25) is 4.79 Å². The zero-order valence-corrected chi connectivity index (χ0v) is 12.5. The molecule has 2 N–H and O–H groups in total. The van der Waals surface area contributed by atoms with Gasteiger partial charge in [0, 0.05) is 5.39 Å². The molecule has 0 bridgehead atoms. The fourth-order valence-electron chi connectivity index (χ4n) is 2.84. The third kappa shape index (κ3) is 2.34. The minimum atomic E-state index is -0.253. The lowest BCUT2D eigenvalue weighted by Crippen LogP contribution is -2.35. The third-order valence-corrected chi connectivity index (χ3v) is 4.96. The lowest BCUT2D eigenvalue weighted by Gasteiger charge is -2.08. The number of anilines is 1. The summed E-state index contributed by atoms with van der Waals surface area (Å²) in [6.45, 7) is 0.883. The van der Waals surface area contributed by atoms with E-state index in [1.54, 1.807) is 6.07 Å². The molecule has 4 rings (SSSR count). The second kappa shape index (κ2) is 5.30. The van der Waals surface area contributed by atoms with E-state index in [4.69, 9.17) is 0 Å². The van der Waals surface area contributed by atoms with Crippen LogP contribution in [0.3, 0.4) is 0 Å².